The van der Waals surface area contributed by atoms with E-state index < -0.39 is 11.0 Å². The normalized spacial score (nSPS) is 11.8. The van der Waals surface area contributed by atoms with Gasteiger partial charge in [-0.1, -0.05) is 12.1 Å². The number of nitrogens with zero attached hydrogens (tertiary/aromatic N) is 5. The van der Waals surface area contributed by atoms with Crippen LogP contribution < -0.4 is 10.1 Å². The second-order valence-corrected chi connectivity index (χ2v) is 5.88. The molecule has 0 radical (unpaired) electrons. The molecule has 0 spiro atoms. The first kappa shape index (κ1) is 18.1. The highest BCUT2D eigenvalue weighted by atomic mass is 16.6. The Kier molecular flexibility index (Phi) is 5.15. The Morgan fingerprint density at radius 3 is 2.85 bits per heavy atom. The van der Waals surface area contributed by atoms with E-state index in [1.54, 1.807) is 24.9 Å². The summed E-state index contributed by atoms with van der Waals surface area (Å²) < 4.78 is 8.13. The highest BCUT2D eigenvalue weighted by molar-refractivity contribution is 5.93. The van der Waals surface area contributed by atoms with Crippen molar-refractivity contribution in [3.63, 3.8) is 0 Å². The Morgan fingerprint density at radius 2 is 2.15 bits per heavy atom. The van der Waals surface area contributed by atoms with Gasteiger partial charge in [0.05, 0.1) is 30.5 Å². The number of anilines is 1. The zero-order chi connectivity index (χ0) is 19.4. The van der Waals surface area contributed by atoms with E-state index in [9.17, 15) is 14.9 Å². The van der Waals surface area contributed by atoms with Crippen molar-refractivity contribution in [2.24, 2.45) is 0 Å². The number of methoxy groups -OCH3 is 1. The SMILES string of the molecule is COc1cccc(Cn2cc(NC(=O)C(C)n3cc([N+](=O)[O-])cn3)cn2)c1. The number of nitrogens with one attached hydrogen (secondary N) is 1. The van der Waals surface area contributed by atoms with Crippen LogP contribution in [0, 0.1) is 10.1 Å². The van der Waals surface area contributed by atoms with Crippen molar-refractivity contribution in [3.8, 4) is 5.75 Å². The van der Waals surface area contributed by atoms with E-state index in [-0.39, 0.29) is 11.6 Å². The Hall–Kier alpha value is -3.69. The maximum atomic E-state index is 12.3. The van der Waals surface area contributed by atoms with Gasteiger partial charge in [0.25, 0.3) is 0 Å². The molecular formula is C17H18N6O4. The molecule has 3 aromatic rings. The number of nitro groups is 1. The van der Waals surface area contributed by atoms with Crippen LogP contribution in [-0.4, -0.2) is 37.5 Å². The summed E-state index contributed by atoms with van der Waals surface area (Å²) in [7, 11) is 1.61. The zero-order valence-corrected chi connectivity index (χ0v) is 14.8. The fourth-order valence-electron chi connectivity index (χ4n) is 2.47. The van der Waals surface area contributed by atoms with E-state index in [2.05, 4.69) is 15.5 Å². The van der Waals surface area contributed by atoms with E-state index in [0.29, 0.717) is 12.2 Å². The van der Waals surface area contributed by atoms with E-state index in [1.165, 1.54) is 17.1 Å². The second kappa shape index (κ2) is 7.68. The topological polar surface area (TPSA) is 117 Å². The predicted octanol–water partition coefficient (Wildman–Crippen LogP) is 2.24. The minimum Gasteiger partial charge on any atom is -0.497 e. The number of amides is 1. The van der Waals surface area contributed by atoms with Gasteiger partial charge in [0, 0.05) is 6.20 Å². The summed E-state index contributed by atoms with van der Waals surface area (Å²) in [6.45, 7) is 2.13. The molecule has 0 fully saturated rings. The van der Waals surface area contributed by atoms with Crippen molar-refractivity contribution < 1.29 is 14.5 Å². The number of rotatable bonds is 7. The number of benzene rings is 1. The third kappa shape index (κ3) is 4.29. The van der Waals surface area contributed by atoms with Gasteiger partial charge < -0.3 is 10.1 Å². The molecule has 0 saturated carbocycles. The number of carbonyl (C=O) groups is 1. The van der Waals surface area contributed by atoms with Gasteiger partial charge in [-0.25, -0.2) is 0 Å². The quantitative estimate of drug-likeness (QED) is 0.503. The average Bonchev–Trinajstić information content (AvgIpc) is 3.31. The highest BCUT2D eigenvalue weighted by Gasteiger charge is 2.19. The standard InChI is InChI=1S/C17H18N6O4/c1-12(22-11-15(8-19-22)23(25)26)17(24)20-14-7-18-21(10-14)9-13-4-3-5-16(6-13)27-2/h3-8,10-12H,9H2,1-2H3,(H,20,24). The van der Waals surface area contributed by atoms with Crippen LogP contribution in [0.25, 0.3) is 0 Å². The van der Waals surface area contributed by atoms with Gasteiger partial charge in [-0.15, -0.1) is 0 Å². The number of hydrogen-bond donors (Lipinski definition) is 1. The molecule has 1 N–H and O–H groups in total. The smallest absolute Gasteiger partial charge is 0.307 e. The summed E-state index contributed by atoms with van der Waals surface area (Å²) in [6.07, 6.45) is 5.57. The largest absolute Gasteiger partial charge is 0.497 e. The van der Waals surface area contributed by atoms with Crippen molar-refractivity contribution in [2.75, 3.05) is 12.4 Å². The third-order valence-electron chi connectivity index (χ3n) is 3.95. The lowest BCUT2D eigenvalue weighted by molar-refractivity contribution is -0.385. The molecule has 10 heteroatoms. The van der Waals surface area contributed by atoms with Crippen molar-refractivity contribution in [3.05, 3.63) is 64.7 Å². The molecule has 140 valence electrons. The summed E-state index contributed by atoms with van der Waals surface area (Å²) in [5, 5.41) is 21.5. The van der Waals surface area contributed by atoms with Crippen molar-refractivity contribution >= 4 is 17.3 Å². The predicted molar refractivity (Wildman–Crippen MR) is 96.5 cm³/mol. The molecule has 0 aliphatic heterocycles. The second-order valence-electron chi connectivity index (χ2n) is 5.88. The van der Waals surface area contributed by atoms with Crippen LogP contribution in [0.2, 0.25) is 0 Å². The van der Waals surface area contributed by atoms with Crippen LogP contribution in [0.3, 0.4) is 0 Å². The Balaban J connectivity index is 1.63. The maximum absolute atomic E-state index is 12.3. The average molecular weight is 370 g/mol. The Bertz CT molecular complexity index is 964. The molecule has 0 bridgehead atoms. The molecule has 2 aromatic heterocycles. The van der Waals surface area contributed by atoms with Crippen LogP contribution in [0.15, 0.2) is 49.1 Å². The number of carbonyl (C=O) groups excluding carboxylic acids is 1. The molecule has 10 nitrogen and oxygen atoms in total. The monoisotopic (exact) mass is 370 g/mol. The lowest BCUT2D eigenvalue weighted by Crippen LogP contribution is -2.23. The van der Waals surface area contributed by atoms with Gasteiger partial charge in [0.15, 0.2) is 0 Å². The molecule has 1 atom stereocenters. The molecule has 1 aromatic carbocycles. The van der Waals surface area contributed by atoms with Crippen LogP contribution in [0.4, 0.5) is 11.4 Å². The molecule has 0 aliphatic rings. The van der Waals surface area contributed by atoms with E-state index >= 15 is 0 Å². The number of ether oxygens (including phenoxy) is 1. The molecule has 27 heavy (non-hydrogen) atoms. The van der Waals surface area contributed by atoms with Gasteiger partial charge >= 0.3 is 5.69 Å². The lowest BCUT2D eigenvalue weighted by atomic mass is 10.2. The summed E-state index contributed by atoms with van der Waals surface area (Å²) in [5.41, 5.74) is 1.37. The summed E-state index contributed by atoms with van der Waals surface area (Å²) in [4.78, 5) is 22.5. The molecule has 0 aliphatic carbocycles. The number of hydrogen-bond acceptors (Lipinski definition) is 6. The molecule has 3 rings (SSSR count). The first-order chi connectivity index (χ1) is 13.0. The molecule has 1 amide bonds. The van der Waals surface area contributed by atoms with Gasteiger partial charge in [-0.05, 0) is 24.6 Å². The van der Waals surface area contributed by atoms with Crippen LogP contribution in [0.5, 0.6) is 5.75 Å². The fourth-order valence-corrected chi connectivity index (χ4v) is 2.47. The zero-order valence-electron chi connectivity index (χ0n) is 14.8. The van der Waals surface area contributed by atoms with Crippen LogP contribution >= 0.6 is 0 Å². The highest BCUT2D eigenvalue weighted by Crippen LogP contribution is 2.17. The van der Waals surface area contributed by atoms with Crippen LogP contribution in [-0.2, 0) is 11.3 Å². The van der Waals surface area contributed by atoms with Crippen molar-refractivity contribution in [1.82, 2.24) is 19.6 Å². The van der Waals surface area contributed by atoms with Gasteiger partial charge in [-0.2, -0.15) is 10.2 Å². The molecule has 1 unspecified atom stereocenters. The lowest BCUT2D eigenvalue weighted by Gasteiger charge is -2.10. The summed E-state index contributed by atoms with van der Waals surface area (Å²) in [6, 6.07) is 6.91. The maximum Gasteiger partial charge on any atom is 0.307 e. The summed E-state index contributed by atoms with van der Waals surface area (Å²) >= 11 is 0. The fraction of sp³-hybridized carbons (Fsp3) is 0.235. The van der Waals surface area contributed by atoms with Gasteiger partial charge in [0.1, 0.15) is 24.2 Å². The van der Waals surface area contributed by atoms with E-state index in [4.69, 9.17) is 4.74 Å². The van der Waals surface area contributed by atoms with Gasteiger partial charge in [0.2, 0.25) is 5.91 Å². The van der Waals surface area contributed by atoms with Gasteiger partial charge in [-0.3, -0.25) is 24.3 Å². The number of aromatic nitrogens is 4. The first-order valence-electron chi connectivity index (χ1n) is 8.11. The van der Waals surface area contributed by atoms with E-state index in [0.717, 1.165) is 17.5 Å². The summed E-state index contributed by atoms with van der Waals surface area (Å²) in [5.74, 6) is 0.407. The van der Waals surface area contributed by atoms with E-state index in [1.807, 2.05) is 24.3 Å². The minimum atomic E-state index is -0.708. The van der Waals surface area contributed by atoms with Crippen molar-refractivity contribution in [1.29, 1.82) is 0 Å². The Morgan fingerprint density at radius 1 is 1.33 bits per heavy atom. The Labute approximate surface area is 154 Å². The molecular weight excluding hydrogens is 352 g/mol. The van der Waals surface area contributed by atoms with Crippen molar-refractivity contribution in [2.45, 2.75) is 19.5 Å². The minimum absolute atomic E-state index is 0.166. The molecule has 2 heterocycles. The van der Waals surface area contributed by atoms with Crippen LogP contribution in [0.1, 0.15) is 18.5 Å². The third-order valence-corrected chi connectivity index (χ3v) is 3.95. The first-order valence-corrected chi connectivity index (χ1v) is 8.11. The molecule has 0 saturated heterocycles.